The molecule has 0 spiro atoms. The number of hydrogen-bond acceptors (Lipinski definition) is 5. The minimum absolute atomic E-state index is 0.0790. The Morgan fingerprint density at radius 2 is 1.44 bits per heavy atom. The van der Waals surface area contributed by atoms with E-state index in [-0.39, 0.29) is 55.5 Å². The first kappa shape index (κ1) is 23.0. The number of anilines is 3. The molecule has 0 unspecified atom stereocenters. The topological polar surface area (TPSA) is 116 Å². The fourth-order valence-corrected chi connectivity index (χ4v) is 4.21. The van der Waals surface area contributed by atoms with Crippen molar-refractivity contribution in [2.24, 2.45) is 0 Å². The molecule has 1 fully saturated rings. The van der Waals surface area contributed by atoms with Crippen LogP contribution in [0.5, 0.6) is 0 Å². The highest BCUT2D eigenvalue weighted by Crippen LogP contribution is 2.30. The molecule has 0 radical (unpaired) electrons. The molecule has 0 atom stereocenters. The van der Waals surface area contributed by atoms with Gasteiger partial charge in [0.05, 0.1) is 17.9 Å². The normalized spacial score (nSPS) is 14.9. The lowest BCUT2D eigenvalue weighted by molar-refractivity contribution is -0.139. The zero-order valence-corrected chi connectivity index (χ0v) is 19.2. The van der Waals surface area contributed by atoms with Crippen LogP contribution < -0.4 is 15.5 Å². The van der Waals surface area contributed by atoms with Crippen LogP contribution in [0.3, 0.4) is 0 Å². The third kappa shape index (κ3) is 4.58. The summed E-state index contributed by atoms with van der Waals surface area (Å²) in [5.74, 6) is -1.29. The van der Waals surface area contributed by atoms with E-state index in [2.05, 4.69) is 10.6 Å². The van der Waals surface area contributed by atoms with Gasteiger partial charge in [-0.25, -0.2) is 0 Å². The van der Waals surface area contributed by atoms with Crippen molar-refractivity contribution in [3.05, 3.63) is 89.5 Å². The second kappa shape index (κ2) is 9.46. The molecule has 2 N–H and O–H groups in total. The van der Waals surface area contributed by atoms with Gasteiger partial charge in [-0.2, -0.15) is 0 Å². The largest absolute Gasteiger partial charge is 0.323 e. The number of carbonyl (C=O) groups is 5. The number of likely N-dealkylation sites (tertiary alicyclic amines) is 1. The van der Waals surface area contributed by atoms with E-state index in [1.165, 1.54) is 9.80 Å². The van der Waals surface area contributed by atoms with E-state index in [4.69, 9.17) is 0 Å². The average molecular weight is 482 g/mol. The van der Waals surface area contributed by atoms with Crippen LogP contribution in [0.1, 0.15) is 39.1 Å². The molecule has 9 nitrogen and oxygen atoms in total. The summed E-state index contributed by atoms with van der Waals surface area (Å²) in [4.78, 5) is 64.0. The Labute approximate surface area is 206 Å². The first-order chi connectivity index (χ1) is 17.4. The summed E-state index contributed by atoms with van der Waals surface area (Å²) >= 11 is 0. The smallest absolute Gasteiger partial charge is 0.258 e. The van der Waals surface area contributed by atoms with Crippen molar-refractivity contribution < 1.29 is 24.0 Å². The van der Waals surface area contributed by atoms with Crippen LogP contribution >= 0.6 is 0 Å². The van der Waals surface area contributed by atoms with Gasteiger partial charge in [-0.1, -0.05) is 24.3 Å². The summed E-state index contributed by atoms with van der Waals surface area (Å²) in [6.07, 6.45) is 0.481. The second-order valence-corrected chi connectivity index (χ2v) is 8.56. The molecule has 1 saturated heterocycles. The minimum Gasteiger partial charge on any atom is -0.323 e. The van der Waals surface area contributed by atoms with Crippen LogP contribution in [0.25, 0.3) is 0 Å². The lowest BCUT2D eigenvalue weighted by Crippen LogP contribution is -2.42. The van der Waals surface area contributed by atoms with E-state index in [0.29, 0.717) is 28.2 Å². The number of imide groups is 1. The summed E-state index contributed by atoms with van der Waals surface area (Å²) in [6.45, 7) is 0.114. The molecule has 0 saturated carbocycles. The molecule has 3 aromatic carbocycles. The molecule has 0 bridgehead atoms. The van der Waals surface area contributed by atoms with Crippen LogP contribution in [0.15, 0.2) is 72.8 Å². The fourth-order valence-electron chi connectivity index (χ4n) is 4.21. The first-order valence-corrected chi connectivity index (χ1v) is 11.4. The Hall–Kier alpha value is -4.79. The number of benzene rings is 3. The van der Waals surface area contributed by atoms with E-state index < -0.39 is 0 Å². The first-order valence-electron chi connectivity index (χ1n) is 11.4. The molecule has 5 rings (SSSR count). The van der Waals surface area contributed by atoms with Crippen molar-refractivity contribution >= 4 is 46.6 Å². The van der Waals surface area contributed by atoms with Gasteiger partial charge in [-0.15, -0.1) is 0 Å². The summed E-state index contributed by atoms with van der Waals surface area (Å²) in [7, 11) is 0. The van der Waals surface area contributed by atoms with E-state index in [0.717, 1.165) is 5.56 Å². The highest BCUT2D eigenvalue weighted by molar-refractivity contribution is 6.15. The van der Waals surface area contributed by atoms with Gasteiger partial charge in [0, 0.05) is 29.7 Å². The summed E-state index contributed by atoms with van der Waals surface area (Å²) in [6, 6.07) is 20.2. The Balaban J connectivity index is 1.23. The van der Waals surface area contributed by atoms with Crippen LogP contribution in [-0.2, 0) is 20.9 Å². The monoisotopic (exact) mass is 482 g/mol. The summed E-state index contributed by atoms with van der Waals surface area (Å²) in [5.41, 5.74) is 3.26. The Morgan fingerprint density at radius 1 is 0.806 bits per heavy atom. The van der Waals surface area contributed by atoms with E-state index >= 15 is 0 Å². The maximum Gasteiger partial charge on any atom is 0.258 e. The van der Waals surface area contributed by atoms with Gasteiger partial charge in [0.15, 0.2) is 0 Å². The lowest BCUT2D eigenvalue weighted by atomic mass is 10.1. The van der Waals surface area contributed by atoms with Crippen molar-refractivity contribution in [2.75, 3.05) is 22.1 Å². The molecule has 9 heteroatoms. The van der Waals surface area contributed by atoms with Crippen molar-refractivity contribution in [1.82, 2.24) is 4.90 Å². The number of nitrogens with zero attached hydrogens (tertiary/aromatic N) is 2. The maximum absolute atomic E-state index is 13.1. The number of hydrogen-bond donors (Lipinski definition) is 2. The van der Waals surface area contributed by atoms with Crippen LogP contribution in [0.2, 0.25) is 0 Å². The molecular weight excluding hydrogens is 460 g/mol. The van der Waals surface area contributed by atoms with Gasteiger partial charge in [-0.05, 0) is 54.1 Å². The Bertz CT molecular complexity index is 1370. The standard InChI is InChI=1S/C27H22N4O5/c32-23-16-30(22-4-2-1-3-21(22)29-23)27(36)19-9-11-20(12-10-19)28-26(35)18-7-5-17(6-8-18)15-31-24(33)13-14-25(31)34/h1-12H,13-16H2,(H,28,35)(H,29,32). The zero-order chi connectivity index (χ0) is 25.2. The van der Waals surface area contributed by atoms with Crippen LogP contribution in [-0.4, -0.2) is 41.0 Å². The molecule has 180 valence electrons. The molecule has 2 heterocycles. The van der Waals surface area contributed by atoms with Crippen LogP contribution in [0.4, 0.5) is 17.1 Å². The predicted octanol–water partition coefficient (Wildman–Crippen LogP) is 3.19. The summed E-state index contributed by atoms with van der Waals surface area (Å²) < 4.78 is 0. The van der Waals surface area contributed by atoms with Crippen molar-refractivity contribution in [3.63, 3.8) is 0 Å². The maximum atomic E-state index is 13.1. The number of para-hydroxylation sites is 2. The quantitative estimate of drug-likeness (QED) is 0.542. The highest BCUT2D eigenvalue weighted by atomic mass is 16.2. The molecule has 0 aliphatic carbocycles. The van der Waals surface area contributed by atoms with Gasteiger partial charge in [0.25, 0.3) is 11.8 Å². The molecule has 3 aromatic rings. The third-order valence-corrected chi connectivity index (χ3v) is 6.12. The third-order valence-electron chi connectivity index (χ3n) is 6.12. The molecule has 2 aliphatic rings. The summed E-state index contributed by atoms with van der Waals surface area (Å²) in [5, 5.41) is 5.54. The van der Waals surface area contributed by atoms with Crippen LogP contribution in [0, 0.1) is 0 Å². The number of fused-ring (bicyclic) bond motifs is 1. The fraction of sp³-hybridized carbons (Fsp3) is 0.148. The zero-order valence-electron chi connectivity index (χ0n) is 19.2. The van der Waals surface area contributed by atoms with Crippen molar-refractivity contribution in [1.29, 1.82) is 0 Å². The van der Waals surface area contributed by atoms with Gasteiger partial charge >= 0.3 is 0 Å². The van der Waals surface area contributed by atoms with E-state index in [1.807, 2.05) is 0 Å². The SMILES string of the molecule is O=C1CN(C(=O)c2ccc(NC(=O)c3ccc(CN4C(=O)CCC4=O)cc3)cc2)c2ccccc2N1. The number of carbonyl (C=O) groups excluding carboxylic acids is 5. The van der Waals surface area contributed by atoms with Gasteiger partial charge < -0.3 is 10.6 Å². The van der Waals surface area contributed by atoms with Gasteiger partial charge in [0.2, 0.25) is 17.7 Å². The minimum atomic E-state index is -0.337. The van der Waals surface area contributed by atoms with Gasteiger partial charge in [0.1, 0.15) is 6.54 Å². The Morgan fingerprint density at radius 3 is 2.14 bits per heavy atom. The molecular formula is C27H22N4O5. The highest BCUT2D eigenvalue weighted by Gasteiger charge is 2.29. The predicted molar refractivity (Wildman–Crippen MR) is 132 cm³/mol. The van der Waals surface area contributed by atoms with Gasteiger partial charge in [-0.3, -0.25) is 33.8 Å². The molecule has 2 aliphatic heterocycles. The second-order valence-electron chi connectivity index (χ2n) is 8.56. The molecule has 36 heavy (non-hydrogen) atoms. The number of amides is 5. The Kier molecular flexibility index (Phi) is 6.03. The lowest BCUT2D eigenvalue weighted by Gasteiger charge is -2.29. The van der Waals surface area contributed by atoms with E-state index in [1.54, 1.807) is 72.8 Å². The number of nitrogens with one attached hydrogen (secondary N) is 2. The molecule has 5 amide bonds. The average Bonchev–Trinajstić information content (AvgIpc) is 3.20. The number of rotatable bonds is 5. The van der Waals surface area contributed by atoms with E-state index in [9.17, 15) is 24.0 Å². The van der Waals surface area contributed by atoms with Crippen molar-refractivity contribution in [2.45, 2.75) is 19.4 Å². The van der Waals surface area contributed by atoms with Crippen molar-refractivity contribution in [3.8, 4) is 0 Å². The molecule has 0 aromatic heterocycles.